The molecular weight excluding hydrogens is 469 g/mol. The van der Waals surface area contributed by atoms with E-state index < -0.39 is 29.7 Å². The van der Waals surface area contributed by atoms with Crippen LogP contribution < -0.4 is 21.1 Å². The normalized spacial score (nSPS) is 11.2. The van der Waals surface area contributed by atoms with E-state index in [2.05, 4.69) is 25.3 Å². The van der Waals surface area contributed by atoms with E-state index in [-0.39, 0.29) is 12.2 Å². The summed E-state index contributed by atoms with van der Waals surface area (Å²) in [5.41, 5.74) is 0.286. The highest BCUT2D eigenvalue weighted by Crippen LogP contribution is 2.25. The van der Waals surface area contributed by atoms with Crippen molar-refractivity contribution in [2.75, 3.05) is 10.6 Å². The SMILES string of the molecule is O=C(Nc1ccccn1)Nc1cnccc1Cn1cc(O)n(-c2ccc(OC(F)(F)F)cc2)c1=O. The van der Waals surface area contributed by atoms with Crippen molar-refractivity contribution in [2.24, 2.45) is 0 Å². The average Bonchev–Trinajstić information content (AvgIpc) is 3.08. The standard InChI is InChI=1S/C22H17F3N6O4/c23-22(24,25)35-16-6-4-15(5-7-16)31-19(32)13-30(21(31)34)12-14-8-10-26-11-17(14)28-20(33)29-18-3-1-2-9-27-18/h1-11,13,32H,12H2,(H2,27,28,29,33). The Bertz CT molecular complexity index is 1390. The van der Waals surface area contributed by atoms with E-state index in [1.54, 1.807) is 24.3 Å². The van der Waals surface area contributed by atoms with Gasteiger partial charge >= 0.3 is 18.1 Å². The first-order valence-corrected chi connectivity index (χ1v) is 9.99. The number of pyridine rings is 2. The predicted molar refractivity (Wildman–Crippen MR) is 119 cm³/mol. The molecule has 35 heavy (non-hydrogen) atoms. The number of urea groups is 1. The van der Waals surface area contributed by atoms with E-state index in [0.717, 1.165) is 16.7 Å². The summed E-state index contributed by atoms with van der Waals surface area (Å²) < 4.78 is 43.0. The van der Waals surface area contributed by atoms with Crippen molar-refractivity contribution in [3.8, 4) is 17.3 Å². The van der Waals surface area contributed by atoms with E-state index in [0.29, 0.717) is 17.1 Å². The quantitative estimate of drug-likeness (QED) is 0.382. The molecule has 0 aliphatic carbocycles. The molecule has 0 saturated heterocycles. The fourth-order valence-corrected chi connectivity index (χ4v) is 3.20. The van der Waals surface area contributed by atoms with Crippen molar-refractivity contribution >= 4 is 17.5 Å². The van der Waals surface area contributed by atoms with Gasteiger partial charge in [0.25, 0.3) is 0 Å². The number of aromatic hydroxyl groups is 1. The fourth-order valence-electron chi connectivity index (χ4n) is 3.20. The first kappa shape index (κ1) is 23.4. The van der Waals surface area contributed by atoms with Gasteiger partial charge in [-0.3, -0.25) is 14.9 Å². The van der Waals surface area contributed by atoms with Crippen LogP contribution in [0.5, 0.6) is 11.6 Å². The Morgan fingerprint density at radius 3 is 2.51 bits per heavy atom. The first-order valence-electron chi connectivity index (χ1n) is 9.99. The van der Waals surface area contributed by atoms with Crippen LogP contribution in [-0.2, 0) is 6.54 Å². The zero-order chi connectivity index (χ0) is 25.0. The van der Waals surface area contributed by atoms with Gasteiger partial charge in [0.1, 0.15) is 11.6 Å². The summed E-state index contributed by atoms with van der Waals surface area (Å²) in [6.45, 7) is -0.0453. The van der Waals surface area contributed by atoms with Crippen molar-refractivity contribution in [3.63, 3.8) is 0 Å². The fraction of sp³-hybridized carbons (Fsp3) is 0.0909. The van der Waals surface area contributed by atoms with E-state index in [1.165, 1.54) is 41.5 Å². The van der Waals surface area contributed by atoms with E-state index >= 15 is 0 Å². The van der Waals surface area contributed by atoms with Gasteiger partial charge in [0, 0.05) is 12.4 Å². The van der Waals surface area contributed by atoms with Crippen LogP contribution in [0.2, 0.25) is 0 Å². The molecule has 3 aromatic heterocycles. The minimum absolute atomic E-state index is 0.0453. The predicted octanol–water partition coefficient (Wildman–Crippen LogP) is 3.73. The Morgan fingerprint density at radius 2 is 1.83 bits per heavy atom. The molecule has 4 aromatic rings. The van der Waals surface area contributed by atoms with Gasteiger partial charge in [-0.25, -0.2) is 19.1 Å². The Kier molecular flexibility index (Phi) is 6.40. The number of nitrogens with one attached hydrogen (secondary N) is 2. The number of amides is 2. The number of alkyl halides is 3. The number of hydrogen-bond donors (Lipinski definition) is 3. The smallest absolute Gasteiger partial charge is 0.493 e. The third kappa shape index (κ3) is 5.76. The molecule has 3 N–H and O–H groups in total. The topological polar surface area (TPSA) is 123 Å². The van der Waals surface area contributed by atoms with Crippen LogP contribution in [0.3, 0.4) is 0 Å². The molecule has 10 nitrogen and oxygen atoms in total. The lowest BCUT2D eigenvalue weighted by Crippen LogP contribution is -2.25. The van der Waals surface area contributed by atoms with Crippen molar-refractivity contribution in [1.29, 1.82) is 0 Å². The third-order valence-corrected chi connectivity index (χ3v) is 4.67. The minimum atomic E-state index is -4.85. The summed E-state index contributed by atoms with van der Waals surface area (Å²) in [4.78, 5) is 33.2. The lowest BCUT2D eigenvalue weighted by molar-refractivity contribution is -0.274. The number of hydrogen-bond acceptors (Lipinski definition) is 6. The average molecular weight is 486 g/mol. The van der Waals surface area contributed by atoms with Gasteiger partial charge in [-0.05, 0) is 48.0 Å². The number of carbonyl (C=O) groups excluding carboxylic acids is 1. The molecule has 0 unspecified atom stereocenters. The highest BCUT2D eigenvalue weighted by atomic mass is 19.4. The molecule has 0 bridgehead atoms. The van der Waals surface area contributed by atoms with Gasteiger partial charge < -0.3 is 15.2 Å². The molecule has 0 aliphatic rings. The molecule has 13 heteroatoms. The summed E-state index contributed by atoms with van der Waals surface area (Å²) in [5, 5.41) is 15.5. The van der Waals surface area contributed by atoms with Gasteiger partial charge in [-0.1, -0.05) is 6.07 Å². The van der Waals surface area contributed by atoms with Crippen LogP contribution in [0.25, 0.3) is 5.69 Å². The van der Waals surface area contributed by atoms with Gasteiger partial charge in [0.2, 0.25) is 5.88 Å². The molecule has 0 radical (unpaired) electrons. The van der Waals surface area contributed by atoms with Crippen LogP contribution in [0.1, 0.15) is 5.56 Å². The minimum Gasteiger partial charge on any atom is -0.493 e. The first-order chi connectivity index (χ1) is 16.7. The number of aromatic nitrogens is 4. The number of carbonyl (C=O) groups is 1. The molecule has 4 rings (SSSR count). The summed E-state index contributed by atoms with van der Waals surface area (Å²) in [7, 11) is 0. The second kappa shape index (κ2) is 9.59. The number of anilines is 2. The van der Waals surface area contributed by atoms with Gasteiger partial charge in [0.05, 0.1) is 30.3 Å². The van der Waals surface area contributed by atoms with Crippen LogP contribution in [0, 0.1) is 0 Å². The van der Waals surface area contributed by atoms with Crippen LogP contribution >= 0.6 is 0 Å². The number of nitrogens with zero attached hydrogens (tertiary/aromatic N) is 4. The molecule has 1 aromatic carbocycles. The van der Waals surface area contributed by atoms with Gasteiger partial charge in [0.15, 0.2) is 0 Å². The molecule has 0 spiro atoms. The lowest BCUT2D eigenvalue weighted by atomic mass is 10.2. The third-order valence-electron chi connectivity index (χ3n) is 4.67. The number of rotatable bonds is 6. The monoisotopic (exact) mass is 486 g/mol. The Hall–Kier alpha value is -4.81. The molecule has 180 valence electrons. The van der Waals surface area contributed by atoms with Crippen LogP contribution in [-0.4, -0.2) is 36.6 Å². The zero-order valence-electron chi connectivity index (χ0n) is 17.7. The molecular formula is C22H17F3N6O4. The highest BCUT2D eigenvalue weighted by Gasteiger charge is 2.31. The summed E-state index contributed by atoms with van der Waals surface area (Å²) in [5.74, 6) is -0.569. The number of ether oxygens (including phenoxy) is 1. The molecule has 0 atom stereocenters. The van der Waals surface area contributed by atoms with Crippen molar-refractivity contribution in [3.05, 3.63) is 89.4 Å². The maximum Gasteiger partial charge on any atom is 0.573 e. The Balaban J connectivity index is 1.54. The van der Waals surface area contributed by atoms with Gasteiger partial charge in [-0.2, -0.15) is 0 Å². The summed E-state index contributed by atoms with van der Waals surface area (Å²) in [6.07, 6.45) is 0.702. The number of imidazole rings is 1. The molecule has 0 saturated carbocycles. The molecule has 0 aliphatic heterocycles. The maximum absolute atomic E-state index is 12.9. The van der Waals surface area contributed by atoms with E-state index in [1.807, 2.05) is 0 Å². The Morgan fingerprint density at radius 1 is 1.06 bits per heavy atom. The molecule has 2 amide bonds. The van der Waals surface area contributed by atoms with Gasteiger partial charge in [-0.15, -0.1) is 13.2 Å². The second-order valence-corrected chi connectivity index (χ2v) is 7.10. The number of halogens is 3. The second-order valence-electron chi connectivity index (χ2n) is 7.10. The highest BCUT2D eigenvalue weighted by molar-refractivity contribution is 5.99. The van der Waals surface area contributed by atoms with E-state index in [4.69, 9.17) is 0 Å². The molecule has 0 fully saturated rings. The molecule has 3 heterocycles. The van der Waals surface area contributed by atoms with Crippen LogP contribution in [0.4, 0.5) is 29.5 Å². The number of benzene rings is 1. The largest absolute Gasteiger partial charge is 0.573 e. The van der Waals surface area contributed by atoms with Crippen LogP contribution in [0.15, 0.2) is 78.1 Å². The van der Waals surface area contributed by atoms with E-state index in [9.17, 15) is 27.9 Å². The lowest BCUT2D eigenvalue weighted by Gasteiger charge is -2.11. The van der Waals surface area contributed by atoms with Crippen molar-refractivity contribution in [1.82, 2.24) is 19.1 Å². The van der Waals surface area contributed by atoms with Crippen molar-refractivity contribution in [2.45, 2.75) is 12.9 Å². The Labute approximate surface area is 195 Å². The maximum atomic E-state index is 12.9. The zero-order valence-corrected chi connectivity index (χ0v) is 17.7. The summed E-state index contributed by atoms with van der Waals surface area (Å²) >= 11 is 0. The summed E-state index contributed by atoms with van der Waals surface area (Å²) in [6, 6.07) is 10.5. The van der Waals surface area contributed by atoms with Crippen molar-refractivity contribution < 1.29 is 27.8 Å².